The SMILES string of the molecule is CCOC(=O)c1c(C)cc(Br)nc1C(F)F. The summed E-state index contributed by atoms with van der Waals surface area (Å²) in [6.07, 6.45) is -2.81. The van der Waals surface area contributed by atoms with Gasteiger partial charge in [-0.15, -0.1) is 0 Å². The second kappa shape index (κ2) is 5.34. The van der Waals surface area contributed by atoms with Gasteiger partial charge in [-0.25, -0.2) is 18.6 Å². The van der Waals surface area contributed by atoms with Crippen LogP contribution in [0, 0.1) is 6.92 Å². The molecule has 0 saturated heterocycles. The Morgan fingerprint density at radius 2 is 2.25 bits per heavy atom. The van der Waals surface area contributed by atoms with Crippen LogP contribution in [-0.4, -0.2) is 17.6 Å². The first kappa shape index (κ1) is 13.0. The first-order chi connectivity index (χ1) is 7.47. The fourth-order valence-electron chi connectivity index (χ4n) is 1.28. The third kappa shape index (κ3) is 2.75. The van der Waals surface area contributed by atoms with Crippen LogP contribution in [0.5, 0.6) is 0 Å². The molecule has 1 aromatic rings. The van der Waals surface area contributed by atoms with Crippen LogP contribution in [0.25, 0.3) is 0 Å². The maximum Gasteiger partial charge on any atom is 0.340 e. The molecule has 0 amide bonds. The van der Waals surface area contributed by atoms with E-state index in [0.29, 0.717) is 5.56 Å². The van der Waals surface area contributed by atoms with E-state index in [-0.39, 0.29) is 16.8 Å². The number of nitrogens with zero attached hydrogens (tertiary/aromatic N) is 1. The Labute approximate surface area is 99.9 Å². The van der Waals surface area contributed by atoms with Crippen LogP contribution in [0.4, 0.5) is 8.78 Å². The lowest BCUT2D eigenvalue weighted by atomic mass is 10.1. The van der Waals surface area contributed by atoms with Gasteiger partial charge in [-0.1, -0.05) is 0 Å². The summed E-state index contributed by atoms with van der Waals surface area (Å²) in [6, 6.07) is 1.50. The van der Waals surface area contributed by atoms with Crippen molar-refractivity contribution < 1.29 is 18.3 Å². The van der Waals surface area contributed by atoms with E-state index in [1.54, 1.807) is 13.8 Å². The first-order valence-electron chi connectivity index (χ1n) is 4.59. The molecule has 0 spiro atoms. The van der Waals surface area contributed by atoms with Crippen LogP contribution >= 0.6 is 15.9 Å². The van der Waals surface area contributed by atoms with Gasteiger partial charge in [0, 0.05) is 0 Å². The summed E-state index contributed by atoms with van der Waals surface area (Å²) in [4.78, 5) is 15.1. The summed E-state index contributed by atoms with van der Waals surface area (Å²) in [7, 11) is 0. The highest BCUT2D eigenvalue weighted by Gasteiger charge is 2.23. The summed E-state index contributed by atoms with van der Waals surface area (Å²) in [6.45, 7) is 3.31. The maximum absolute atomic E-state index is 12.7. The molecule has 0 atom stereocenters. The Morgan fingerprint density at radius 1 is 1.62 bits per heavy atom. The van der Waals surface area contributed by atoms with Gasteiger partial charge in [-0.2, -0.15) is 0 Å². The number of carbonyl (C=O) groups is 1. The van der Waals surface area contributed by atoms with E-state index in [1.165, 1.54) is 6.07 Å². The fourth-order valence-corrected chi connectivity index (χ4v) is 1.82. The topological polar surface area (TPSA) is 39.2 Å². The molecule has 6 heteroatoms. The van der Waals surface area contributed by atoms with Crippen LogP contribution < -0.4 is 0 Å². The number of hydrogen-bond acceptors (Lipinski definition) is 3. The van der Waals surface area contributed by atoms with Gasteiger partial charge in [0.1, 0.15) is 10.3 Å². The number of rotatable bonds is 3. The zero-order valence-corrected chi connectivity index (χ0v) is 10.3. The Bertz CT molecular complexity index is 410. The lowest BCUT2D eigenvalue weighted by molar-refractivity contribution is 0.0512. The number of carbonyl (C=O) groups excluding carboxylic acids is 1. The Kier molecular flexibility index (Phi) is 4.35. The predicted octanol–water partition coefficient (Wildman–Crippen LogP) is 3.27. The molecule has 16 heavy (non-hydrogen) atoms. The average molecular weight is 294 g/mol. The van der Waals surface area contributed by atoms with E-state index in [0.717, 1.165) is 0 Å². The van der Waals surface area contributed by atoms with Crippen molar-refractivity contribution in [3.8, 4) is 0 Å². The maximum atomic E-state index is 12.7. The number of halogens is 3. The second-order valence-electron chi connectivity index (χ2n) is 3.04. The molecule has 0 unspecified atom stereocenters. The van der Waals surface area contributed by atoms with Crippen molar-refractivity contribution >= 4 is 21.9 Å². The Morgan fingerprint density at radius 3 is 2.75 bits per heavy atom. The van der Waals surface area contributed by atoms with Gasteiger partial charge < -0.3 is 4.74 Å². The van der Waals surface area contributed by atoms with Crippen molar-refractivity contribution in [2.45, 2.75) is 20.3 Å². The first-order valence-corrected chi connectivity index (χ1v) is 5.39. The number of pyridine rings is 1. The summed E-state index contributed by atoms with van der Waals surface area (Å²) in [5.41, 5.74) is -0.291. The van der Waals surface area contributed by atoms with Crippen LogP contribution in [0.15, 0.2) is 10.7 Å². The Hall–Kier alpha value is -1.04. The van der Waals surface area contributed by atoms with Crippen LogP contribution in [0.1, 0.15) is 35.0 Å². The zero-order valence-electron chi connectivity index (χ0n) is 8.76. The van der Waals surface area contributed by atoms with E-state index < -0.39 is 18.1 Å². The van der Waals surface area contributed by atoms with E-state index in [2.05, 4.69) is 20.9 Å². The molecule has 0 N–H and O–H groups in total. The normalized spacial score (nSPS) is 10.6. The number of hydrogen-bond donors (Lipinski definition) is 0. The van der Waals surface area contributed by atoms with Gasteiger partial charge >= 0.3 is 5.97 Å². The molecule has 1 aromatic heterocycles. The molecule has 0 aliphatic heterocycles. The van der Waals surface area contributed by atoms with Gasteiger partial charge in [0.15, 0.2) is 0 Å². The molecule has 3 nitrogen and oxygen atoms in total. The highest BCUT2D eigenvalue weighted by Crippen LogP contribution is 2.26. The van der Waals surface area contributed by atoms with Crippen molar-refractivity contribution in [2.75, 3.05) is 6.61 Å². The molecule has 88 valence electrons. The van der Waals surface area contributed by atoms with Gasteiger partial charge in [0.2, 0.25) is 0 Å². The van der Waals surface area contributed by atoms with E-state index >= 15 is 0 Å². The minimum Gasteiger partial charge on any atom is -0.462 e. The molecule has 0 bridgehead atoms. The van der Waals surface area contributed by atoms with E-state index in [4.69, 9.17) is 4.74 Å². The molecule has 0 aliphatic carbocycles. The van der Waals surface area contributed by atoms with Crippen LogP contribution in [-0.2, 0) is 4.74 Å². The Balaban J connectivity index is 3.29. The lowest BCUT2D eigenvalue weighted by Crippen LogP contribution is -2.12. The van der Waals surface area contributed by atoms with Gasteiger partial charge in [-0.3, -0.25) is 0 Å². The molecule has 1 rings (SSSR count). The molecular weight excluding hydrogens is 284 g/mol. The van der Waals surface area contributed by atoms with Gasteiger partial charge in [-0.05, 0) is 41.4 Å². The third-order valence-electron chi connectivity index (χ3n) is 1.90. The van der Waals surface area contributed by atoms with Gasteiger partial charge in [0.05, 0.1) is 12.2 Å². The van der Waals surface area contributed by atoms with Crippen molar-refractivity contribution in [3.05, 3.63) is 27.5 Å². The molecule has 0 aliphatic rings. The zero-order chi connectivity index (χ0) is 12.3. The quantitative estimate of drug-likeness (QED) is 0.634. The summed E-state index contributed by atoms with van der Waals surface area (Å²) in [5, 5.41) is 0. The summed E-state index contributed by atoms with van der Waals surface area (Å²) >= 11 is 3.01. The van der Waals surface area contributed by atoms with Crippen molar-refractivity contribution in [2.24, 2.45) is 0 Å². The highest BCUT2D eigenvalue weighted by atomic mass is 79.9. The number of alkyl halides is 2. The third-order valence-corrected chi connectivity index (χ3v) is 2.31. The highest BCUT2D eigenvalue weighted by molar-refractivity contribution is 9.10. The number of aryl methyl sites for hydroxylation is 1. The second-order valence-corrected chi connectivity index (χ2v) is 3.86. The standard InChI is InChI=1S/C10H10BrF2NO2/c1-3-16-10(15)7-5(2)4-6(11)14-8(7)9(12)13/h4,9H,3H2,1-2H3. The minimum atomic E-state index is -2.81. The molecule has 0 aromatic carbocycles. The molecule has 0 radical (unpaired) electrons. The largest absolute Gasteiger partial charge is 0.462 e. The number of ether oxygens (including phenoxy) is 1. The van der Waals surface area contributed by atoms with Gasteiger partial charge in [0.25, 0.3) is 6.43 Å². The monoisotopic (exact) mass is 293 g/mol. The van der Waals surface area contributed by atoms with E-state index in [9.17, 15) is 13.6 Å². The van der Waals surface area contributed by atoms with Crippen LogP contribution in [0.3, 0.4) is 0 Å². The fraction of sp³-hybridized carbons (Fsp3) is 0.400. The molecule has 1 heterocycles. The van der Waals surface area contributed by atoms with Crippen molar-refractivity contribution in [1.29, 1.82) is 0 Å². The smallest absolute Gasteiger partial charge is 0.340 e. The predicted molar refractivity (Wildman–Crippen MR) is 57.6 cm³/mol. The minimum absolute atomic E-state index is 0.136. The lowest BCUT2D eigenvalue weighted by Gasteiger charge is -2.10. The molecular formula is C10H10BrF2NO2. The molecule has 0 saturated carbocycles. The number of esters is 1. The molecule has 0 fully saturated rings. The number of aromatic nitrogens is 1. The van der Waals surface area contributed by atoms with Crippen LogP contribution in [0.2, 0.25) is 0 Å². The van der Waals surface area contributed by atoms with Crippen molar-refractivity contribution in [3.63, 3.8) is 0 Å². The average Bonchev–Trinajstić information content (AvgIpc) is 2.16. The van der Waals surface area contributed by atoms with Crippen molar-refractivity contribution in [1.82, 2.24) is 4.98 Å². The summed E-state index contributed by atoms with van der Waals surface area (Å²) < 4.78 is 30.4. The summed E-state index contributed by atoms with van der Waals surface area (Å²) in [5.74, 6) is -0.768. The van der Waals surface area contributed by atoms with E-state index in [1.807, 2.05) is 0 Å².